The van der Waals surface area contributed by atoms with Crippen LogP contribution in [0.5, 0.6) is 0 Å². The van der Waals surface area contributed by atoms with Crippen molar-refractivity contribution in [1.29, 1.82) is 5.26 Å². The summed E-state index contributed by atoms with van der Waals surface area (Å²) in [4.78, 5) is 3.04. The molecule has 0 atom stereocenters. The molecule has 0 aliphatic heterocycles. The van der Waals surface area contributed by atoms with Gasteiger partial charge in [-0.05, 0) is 22.6 Å². The van der Waals surface area contributed by atoms with Crippen molar-refractivity contribution in [2.45, 2.75) is 0 Å². The fourth-order valence-electron chi connectivity index (χ4n) is 0.521. The maximum Gasteiger partial charge on any atom is 0.250 e. The van der Waals surface area contributed by atoms with Crippen molar-refractivity contribution in [3.05, 3.63) is 27.1 Å². The number of hydrogen-bond acceptors (Lipinski definition) is 2. The zero-order valence-corrected chi connectivity index (χ0v) is 7.26. The van der Waals surface area contributed by atoms with E-state index in [0.717, 1.165) is 6.20 Å². The fraction of sp³-hybridized carbons (Fsp3) is 0. The molecule has 0 aliphatic carbocycles. The van der Waals surface area contributed by atoms with Crippen molar-refractivity contribution in [3.63, 3.8) is 0 Å². The van der Waals surface area contributed by atoms with Crippen LogP contribution in [0.4, 0.5) is 8.78 Å². The predicted octanol–water partition coefficient (Wildman–Crippen LogP) is 1.84. The SMILES string of the molecule is N#Cc1cnc(F)c(F)c1I. The van der Waals surface area contributed by atoms with E-state index in [1.165, 1.54) is 0 Å². The van der Waals surface area contributed by atoms with Crippen molar-refractivity contribution >= 4 is 22.6 Å². The first-order valence-electron chi connectivity index (χ1n) is 2.56. The highest BCUT2D eigenvalue weighted by atomic mass is 127. The highest BCUT2D eigenvalue weighted by Gasteiger charge is 2.11. The van der Waals surface area contributed by atoms with Crippen molar-refractivity contribution in [2.24, 2.45) is 0 Å². The number of hydrogen-bond donors (Lipinski definition) is 0. The molecule has 0 fully saturated rings. The van der Waals surface area contributed by atoms with E-state index >= 15 is 0 Å². The Kier molecular flexibility index (Phi) is 2.34. The van der Waals surface area contributed by atoms with E-state index in [1.54, 1.807) is 28.7 Å². The maximum absolute atomic E-state index is 12.6. The summed E-state index contributed by atoms with van der Waals surface area (Å²) in [6.07, 6.45) is 1.00. The summed E-state index contributed by atoms with van der Waals surface area (Å²) in [7, 11) is 0. The lowest BCUT2D eigenvalue weighted by Gasteiger charge is -1.95. The number of rotatable bonds is 0. The fourth-order valence-corrected chi connectivity index (χ4v) is 1.00. The monoisotopic (exact) mass is 266 g/mol. The van der Waals surface area contributed by atoms with Crippen molar-refractivity contribution in [3.8, 4) is 6.07 Å². The lowest BCUT2D eigenvalue weighted by Crippen LogP contribution is -1.95. The van der Waals surface area contributed by atoms with Crippen LogP contribution in [0, 0.1) is 26.7 Å². The van der Waals surface area contributed by atoms with Crippen LogP contribution < -0.4 is 0 Å². The molecule has 0 spiro atoms. The van der Waals surface area contributed by atoms with Crippen LogP contribution >= 0.6 is 22.6 Å². The summed E-state index contributed by atoms with van der Waals surface area (Å²) in [6.45, 7) is 0. The standard InChI is InChI=1S/C6HF2IN2/c7-4-5(9)3(1-10)2-11-6(4)8/h2H. The second kappa shape index (κ2) is 3.09. The molecule has 0 amide bonds. The van der Waals surface area contributed by atoms with Crippen LogP contribution in [0.15, 0.2) is 6.20 Å². The second-order valence-electron chi connectivity index (χ2n) is 1.70. The molecule has 0 radical (unpaired) electrons. The summed E-state index contributed by atoms with van der Waals surface area (Å²) < 4.78 is 24.8. The zero-order valence-electron chi connectivity index (χ0n) is 5.11. The molecule has 1 aromatic heterocycles. The quantitative estimate of drug-likeness (QED) is 0.530. The predicted molar refractivity (Wildman–Crippen MR) is 41.6 cm³/mol. The van der Waals surface area contributed by atoms with Crippen LogP contribution in [0.2, 0.25) is 0 Å². The van der Waals surface area contributed by atoms with Crippen LogP contribution in [-0.2, 0) is 0 Å². The third kappa shape index (κ3) is 1.45. The topological polar surface area (TPSA) is 36.7 Å². The Hall–Kier alpha value is -0.770. The van der Waals surface area contributed by atoms with E-state index in [4.69, 9.17) is 5.26 Å². The van der Waals surface area contributed by atoms with Crippen molar-refractivity contribution in [1.82, 2.24) is 4.98 Å². The van der Waals surface area contributed by atoms with Gasteiger partial charge in [0.2, 0.25) is 5.95 Å². The first-order valence-corrected chi connectivity index (χ1v) is 3.64. The minimum Gasteiger partial charge on any atom is -0.224 e. The Labute approximate surface area is 75.0 Å². The third-order valence-corrected chi connectivity index (χ3v) is 2.09. The zero-order chi connectivity index (χ0) is 8.43. The number of nitriles is 1. The summed E-state index contributed by atoms with van der Waals surface area (Å²) in [5.41, 5.74) is 0.0458. The summed E-state index contributed by atoms with van der Waals surface area (Å²) >= 11 is 1.55. The molecule has 0 N–H and O–H groups in total. The van der Waals surface area contributed by atoms with Crippen LogP contribution in [-0.4, -0.2) is 4.98 Å². The second-order valence-corrected chi connectivity index (χ2v) is 2.78. The molecular weight excluding hydrogens is 265 g/mol. The van der Waals surface area contributed by atoms with E-state index in [1.807, 2.05) is 0 Å². The number of nitrogens with zero attached hydrogens (tertiary/aromatic N) is 2. The lowest BCUT2D eigenvalue weighted by molar-refractivity contribution is 0.474. The Morgan fingerprint density at radius 3 is 2.73 bits per heavy atom. The Morgan fingerprint density at radius 1 is 1.55 bits per heavy atom. The number of aromatic nitrogens is 1. The molecule has 1 rings (SSSR count). The lowest BCUT2D eigenvalue weighted by atomic mass is 10.3. The largest absolute Gasteiger partial charge is 0.250 e. The normalized spacial score (nSPS) is 9.27. The van der Waals surface area contributed by atoms with Gasteiger partial charge in [-0.25, -0.2) is 9.37 Å². The average Bonchev–Trinajstić information content (AvgIpc) is 2.01. The molecule has 1 aromatic rings. The first-order chi connectivity index (χ1) is 5.16. The summed E-state index contributed by atoms with van der Waals surface area (Å²) in [6, 6.07) is 1.69. The van der Waals surface area contributed by atoms with Gasteiger partial charge in [-0.2, -0.15) is 9.65 Å². The Balaban J connectivity index is 3.40. The number of pyridine rings is 1. The molecule has 0 aromatic carbocycles. The summed E-state index contributed by atoms with van der Waals surface area (Å²) in [5.74, 6) is -2.24. The van der Waals surface area contributed by atoms with Gasteiger partial charge in [0.05, 0.1) is 9.13 Å². The maximum atomic E-state index is 12.6. The molecule has 11 heavy (non-hydrogen) atoms. The summed E-state index contributed by atoms with van der Waals surface area (Å²) in [5, 5.41) is 8.35. The molecule has 2 nitrogen and oxygen atoms in total. The van der Waals surface area contributed by atoms with Gasteiger partial charge in [0.1, 0.15) is 6.07 Å². The van der Waals surface area contributed by atoms with E-state index < -0.39 is 11.8 Å². The minimum absolute atomic E-state index is 0.0300. The number of halogens is 3. The Morgan fingerprint density at radius 2 is 2.18 bits per heavy atom. The van der Waals surface area contributed by atoms with Gasteiger partial charge in [0, 0.05) is 6.20 Å². The van der Waals surface area contributed by atoms with Crippen LogP contribution in [0.25, 0.3) is 0 Å². The molecule has 0 unspecified atom stereocenters. The van der Waals surface area contributed by atoms with E-state index in [2.05, 4.69) is 4.98 Å². The molecule has 0 saturated carbocycles. The molecule has 5 heteroatoms. The molecule has 0 aliphatic rings. The minimum atomic E-state index is -1.17. The van der Waals surface area contributed by atoms with E-state index in [-0.39, 0.29) is 9.13 Å². The molecule has 56 valence electrons. The van der Waals surface area contributed by atoms with Crippen LogP contribution in [0.3, 0.4) is 0 Å². The van der Waals surface area contributed by atoms with E-state index in [9.17, 15) is 8.78 Å². The average molecular weight is 266 g/mol. The van der Waals surface area contributed by atoms with Gasteiger partial charge in [0.15, 0.2) is 5.82 Å². The molecular formula is C6HF2IN2. The first kappa shape index (κ1) is 8.33. The van der Waals surface area contributed by atoms with Gasteiger partial charge in [0.25, 0.3) is 0 Å². The van der Waals surface area contributed by atoms with Crippen molar-refractivity contribution < 1.29 is 8.78 Å². The molecule has 0 saturated heterocycles. The van der Waals surface area contributed by atoms with Gasteiger partial charge < -0.3 is 0 Å². The molecule has 0 bridgehead atoms. The van der Waals surface area contributed by atoms with Gasteiger partial charge in [-0.1, -0.05) is 0 Å². The smallest absolute Gasteiger partial charge is 0.224 e. The third-order valence-electron chi connectivity index (χ3n) is 1.04. The van der Waals surface area contributed by atoms with Crippen molar-refractivity contribution in [2.75, 3.05) is 0 Å². The highest BCUT2D eigenvalue weighted by molar-refractivity contribution is 14.1. The Bertz CT molecular complexity index is 332. The molecule has 1 heterocycles. The van der Waals surface area contributed by atoms with Gasteiger partial charge >= 0.3 is 0 Å². The van der Waals surface area contributed by atoms with Crippen LogP contribution in [0.1, 0.15) is 5.56 Å². The van der Waals surface area contributed by atoms with Gasteiger partial charge in [-0.15, -0.1) is 0 Å². The highest BCUT2D eigenvalue weighted by Crippen LogP contribution is 2.15. The van der Waals surface area contributed by atoms with E-state index in [0.29, 0.717) is 0 Å². The van der Waals surface area contributed by atoms with Gasteiger partial charge in [-0.3, -0.25) is 0 Å².